The van der Waals surface area contributed by atoms with Gasteiger partial charge in [-0.25, -0.2) is 0 Å². The molecule has 3 aromatic heterocycles. The Morgan fingerprint density at radius 1 is 1.17 bits per heavy atom. The van der Waals surface area contributed by atoms with Crippen molar-refractivity contribution in [2.45, 2.75) is 19.2 Å². The number of benzene rings is 1. The van der Waals surface area contributed by atoms with Crippen molar-refractivity contribution < 1.29 is 9.94 Å². The molecule has 30 heavy (non-hydrogen) atoms. The van der Waals surface area contributed by atoms with Crippen LogP contribution in [0.25, 0.3) is 10.2 Å². The highest BCUT2D eigenvalue weighted by molar-refractivity contribution is 7.18. The molecule has 4 rings (SSSR count). The number of aromatic nitrogens is 2. The highest BCUT2D eigenvalue weighted by atomic mass is 35.5. The Morgan fingerprint density at radius 2 is 2.00 bits per heavy atom. The van der Waals surface area contributed by atoms with Crippen molar-refractivity contribution in [1.29, 1.82) is 0 Å². The summed E-state index contributed by atoms with van der Waals surface area (Å²) in [6.07, 6.45) is 2.73. The van der Waals surface area contributed by atoms with Crippen LogP contribution in [0.15, 0.2) is 59.7 Å². The summed E-state index contributed by atoms with van der Waals surface area (Å²) < 4.78 is 0. The van der Waals surface area contributed by atoms with E-state index in [0.717, 1.165) is 21.0 Å². The van der Waals surface area contributed by atoms with Gasteiger partial charge in [-0.2, -0.15) is 5.48 Å². The van der Waals surface area contributed by atoms with Crippen LogP contribution in [0.4, 0.5) is 0 Å². The van der Waals surface area contributed by atoms with Crippen molar-refractivity contribution in [3.05, 3.63) is 86.2 Å². The third kappa shape index (κ3) is 4.92. The molecule has 5 N–H and O–H groups in total. The molecule has 7 nitrogen and oxygen atoms in total. The molecule has 0 aliphatic rings. The number of hydrogen-bond donors (Lipinski definition) is 5. The van der Waals surface area contributed by atoms with E-state index < -0.39 is 6.10 Å². The number of nitrogens with one attached hydrogen (secondary N) is 4. The van der Waals surface area contributed by atoms with Gasteiger partial charge in [0.1, 0.15) is 10.9 Å². The number of H-pyrrole nitrogens is 2. The van der Waals surface area contributed by atoms with Gasteiger partial charge >= 0.3 is 0 Å². The summed E-state index contributed by atoms with van der Waals surface area (Å²) in [6.45, 7) is 1.40. The number of halogens is 1. The Hall–Kier alpha value is -2.62. The van der Waals surface area contributed by atoms with Gasteiger partial charge in [0, 0.05) is 34.9 Å². The van der Waals surface area contributed by atoms with Crippen molar-refractivity contribution in [1.82, 2.24) is 20.8 Å². The Bertz CT molecular complexity index is 1160. The van der Waals surface area contributed by atoms with Gasteiger partial charge in [0.15, 0.2) is 0 Å². The van der Waals surface area contributed by atoms with Crippen LogP contribution in [0, 0.1) is 0 Å². The van der Waals surface area contributed by atoms with Gasteiger partial charge in [-0.3, -0.25) is 4.79 Å². The van der Waals surface area contributed by atoms with Crippen molar-refractivity contribution in [3.8, 4) is 5.75 Å². The average molecular weight is 445 g/mol. The van der Waals surface area contributed by atoms with Crippen molar-refractivity contribution in [3.63, 3.8) is 0 Å². The predicted molar refractivity (Wildman–Crippen MR) is 119 cm³/mol. The molecule has 156 valence electrons. The number of hydroxylamine groups is 1. The van der Waals surface area contributed by atoms with Crippen LogP contribution >= 0.6 is 22.9 Å². The van der Waals surface area contributed by atoms with Crippen LogP contribution in [-0.2, 0) is 13.1 Å². The first-order valence-corrected chi connectivity index (χ1v) is 10.6. The molecule has 1 atom stereocenters. The Kier molecular flexibility index (Phi) is 6.51. The molecular weight excluding hydrogens is 424 g/mol. The highest BCUT2D eigenvalue weighted by Gasteiger charge is 2.12. The van der Waals surface area contributed by atoms with E-state index in [4.69, 9.17) is 16.4 Å². The second kappa shape index (κ2) is 9.46. The first-order valence-electron chi connectivity index (χ1n) is 9.40. The number of pyridine rings is 1. The molecule has 0 fully saturated rings. The molecule has 0 saturated heterocycles. The quantitative estimate of drug-likeness (QED) is 0.254. The highest BCUT2D eigenvalue weighted by Crippen LogP contribution is 2.23. The van der Waals surface area contributed by atoms with Gasteiger partial charge in [0.25, 0.3) is 0 Å². The van der Waals surface area contributed by atoms with E-state index in [2.05, 4.69) is 20.8 Å². The number of rotatable bonds is 9. The van der Waals surface area contributed by atoms with Crippen molar-refractivity contribution in [2.24, 2.45) is 0 Å². The van der Waals surface area contributed by atoms with Crippen LogP contribution in [0.3, 0.4) is 0 Å². The van der Waals surface area contributed by atoms with Gasteiger partial charge in [-0.1, -0.05) is 23.7 Å². The summed E-state index contributed by atoms with van der Waals surface area (Å²) in [7, 11) is 0. The standard InChI is InChI=1S/C21H21ClN4O3S/c22-14-5-3-13(4-6-14)9-26-29-19-12-25-21-16(20(19)28)8-15(30-21)10-23-11-18(27)17-2-1-7-24-17/h1-8,12,18,23-24,26-27H,9-11H2,(H,25,28). The zero-order valence-electron chi connectivity index (χ0n) is 15.9. The molecule has 3 heterocycles. The summed E-state index contributed by atoms with van der Waals surface area (Å²) in [6, 6.07) is 12.9. The minimum Gasteiger partial charge on any atom is -0.403 e. The SMILES string of the molecule is O=c1c(ONCc2ccc(Cl)cc2)c[nH]c2sc(CNCC(O)c3ccc[nH]3)cc12. The Labute approximate surface area is 181 Å². The normalized spacial score (nSPS) is 12.3. The number of hydrogen-bond acceptors (Lipinski definition) is 6. The molecular formula is C21H21ClN4O3S. The second-order valence-corrected chi connectivity index (χ2v) is 8.33. The fourth-order valence-corrected chi connectivity index (χ4v) is 4.12. The zero-order valence-corrected chi connectivity index (χ0v) is 17.5. The smallest absolute Gasteiger partial charge is 0.234 e. The van der Waals surface area contributed by atoms with Crippen LogP contribution in [0.1, 0.15) is 22.2 Å². The van der Waals surface area contributed by atoms with Gasteiger partial charge in [-0.05, 0) is 35.9 Å². The third-order valence-corrected chi connectivity index (χ3v) is 5.89. The minimum atomic E-state index is -0.609. The van der Waals surface area contributed by atoms with Crippen LogP contribution in [0.5, 0.6) is 5.75 Å². The summed E-state index contributed by atoms with van der Waals surface area (Å²) in [5.41, 5.74) is 4.38. The maximum absolute atomic E-state index is 12.7. The Morgan fingerprint density at radius 3 is 2.77 bits per heavy atom. The number of fused-ring (bicyclic) bond motifs is 1. The van der Waals surface area contributed by atoms with Crippen LogP contribution in [-0.4, -0.2) is 21.6 Å². The molecule has 0 amide bonds. The topological polar surface area (TPSA) is 102 Å². The molecule has 1 unspecified atom stereocenters. The fraction of sp³-hybridized carbons (Fsp3) is 0.190. The van der Waals surface area contributed by atoms with E-state index in [9.17, 15) is 9.90 Å². The van der Waals surface area contributed by atoms with Crippen molar-refractivity contribution >= 4 is 33.2 Å². The van der Waals surface area contributed by atoms with E-state index in [1.807, 2.05) is 30.3 Å². The summed E-state index contributed by atoms with van der Waals surface area (Å²) >= 11 is 7.37. The molecule has 0 aliphatic heterocycles. The molecule has 0 radical (unpaired) electrons. The average Bonchev–Trinajstić information content (AvgIpc) is 3.41. The summed E-state index contributed by atoms with van der Waals surface area (Å²) in [4.78, 5) is 26.1. The molecule has 0 spiro atoms. The number of thiophene rings is 1. The molecule has 0 bridgehead atoms. The lowest BCUT2D eigenvalue weighted by molar-refractivity contribution is 0.170. The first-order chi connectivity index (χ1) is 14.6. The monoisotopic (exact) mass is 444 g/mol. The number of aliphatic hydroxyl groups excluding tert-OH is 1. The van der Waals surface area contributed by atoms with E-state index in [0.29, 0.717) is 30.0 Å². The molecule has 0 aliphatic carbocycles. The van der Waals surface area contributed by atoms with Gasteiger partial charge < -0.3 is 25.2 Å². The Balaban J connectivity index is 1.35. The van der Waals surface area contributed by atoms with Gasteiger partial charge in [0.2, 0.25) is 11.2 Å². The largest absolute Gasteiger partial charge is 0.403 e. The van der Waals surface area contributed by atoms with E-state index in [-0.39, 0.29) is 11.2 Å². The lowest BCUT2D eigenvalue weighted by Crippen LogP contribution is -2.22. The maximum atomic E-state index is 12.7. The summed E-state index contributed by atoms with van der Waals surface area (Å²) in [5.74, 6) is 0.205. The van der Waals surface area contributed by atoms with E-state index in [1.165, 1.54) is 11.3 Å². The van der Waals surface area contributed by atoms with E-state index >= 15 is 0 Å². The zero-order chi connectivity index (χ0) is 20.9. The fourth-order valence-electron chi connectivity index (χ4n) is 3.00. The minimum absolute atomic E-state index is 0.179. The molecule has 4 aromatic rings. The van der Waals surface area contributed by atoms with Gasteiger partial charge in [-0.15, -0.1) is 11.3 Å². The number of aliphatic hydroxyl groups is 1. The number of aromatic amines is 2. The maximum Gasteiger partial charge on any atom is 0.234 e. The van der Waals surface area contributed by atoms with E-state index in [1.54, 1.807) is 24.5 Å². The van der Waals surface area contributed by atoms with Crippen LogP contribution in [0.2, 0.25) is 5.02 Å². The second-order valence-electron chi connectivity index (χ2n) is 6.76. The molecule has 9 heteroatoms. The van der Waals surface area contributed by atoms with Gasteiger partial charge in [0.05, 0.1) is 18.1 Å². The van der Waals surface area contributed by atoms with Crippen LogP contribution < -0.4 is 21.1 Å². The van der Waals surface area contributed by atoms with Crippen molar-refractivity contribution in [2.75, 3.05) is 6.54 Å². The molecule has 0 saturated carbocycles. The lowest BCUT2D eigenvalue weighted by atomic mass is 10.2. The summed E-state index contributed by atoms with van der Waals surface area (Å²) in [5, 5.41) is 14.6. The first kappa shape index (κ1) is 20.6. The third-order valence-electron chi connectivity index (χ3n) is 4.58. The molecule has 1 aromatic carbocycles. The lowest BCUT2D eigenvalue weighted by Gasteiger charge is -2.09. The predicted octanol–water partition coefficient (Wildman–Crippen LogP) is 3.48.